The summed E-state index contributed by atoms with van der Waals surface area (Å²) in [5, 5.41) is 3.96. The van der Waals surface area contributed by atoms with E-state index >= 15 is 0 Å². The average Bonchev–Trinajstić information content (AvgIpc) is 2.43. The van der Waals surface area contributed by atoms with Crippen LogP contribution in [-0.2, 0) is 0 Å². The number of anilines is 3. The van der Waals surface area contributed by atoms with E-state index in [1.165, 1.54) is 0 Å². The topological polar surface area (TPSA) is 56.5 Å². The quantitative estimate of drug-likeness (QED) is 0.590. The van der Waals surface area contributed by atoms with Crippen molar-refractivity contribution in [1.29, 1.82) is 0 Å². The van der Waals surface area contributed by atoms with Gasteiger partial charge in [-0.1, -0.05) is 11.6 Å². The summed E-state index contributed by atoms with van der Waals surface area (Å²) in [5.41, 5.74) is 8.28. The molecule has 0 atom stereocenters. The second-order valence-corrected chi connectivity index (χ2v) is 5.64. The normalized spacial score (nSPS) is 10.2. The van der Waals surface area contributed by atoms with Gasteiger partial charge in [0.05, 0.1) is 31.3 Å². The molecule has 2 aromatic rings. The molecule has 0 aliphatic carbocycles. The highest BCUT2D eigenvalue weighted by molar-refractivity contribution is 14.1. The maximum atomic E-state index is 6.02. The molecule has 0 saturated carbocycles. The van der Waals surface area contributed by atoms with Gasteiger partial charge in [0.2, 0.25) is 0 Å². The lowest BCUT2D eigenvalue weighted by molar-refractivity contribution is 0.355. The molecule has 2 aromatic carbocycles. The van der Waals surface area contributed by atoms with Gasteiger partial charge < -0.3 is 20.5 Å². The van der Waals surface area contributed by atoms with E-state index in [0.717, 1.165) is 14.9 Å². The molecule has 0 fully saturated rings. The molecule has 106 valence electrons. The van der Waals surface area contributed by atoms with E-state index in [4.69, 9.17) is 26.8 Å². The van der Waals surface area contributed by atoms with Crippen molar-refractivity contribution in [3.8, 4) is 11.5 Å². The fraction of sp³-hybridized carbons (Fsp3) is 0.143. The molecule has 0 radical (unpaired) electrons. The number of ether oxygens (including phenoxy) is 2. The Morgan fingerprint density at radius 1 is 1.05 bits per heavy atom. The van der Waals surface area contributed by atoms with Crippen molar-refractivity contribution >= 4 is 51.3 Å². The minimum absolute atomic E-state index is 0.577. The summed E-state index contributed by atoms with van der Waals surface area (Å²) >= 11 is 8.16. The summed E-state index contributed by atoms with van der Waals surface area (Å²) in [5.74, 6) is 1.22. The number of nitrogen functional groups attached to an aromatic ring is 1. The fourth-order valence-electron chi connectivity index (χ4n) is 1.74. The average molecular weight is 405 g/mol. The molecule has 3 N–H and O–H groups in total. The molecule has 0 unspecified atom stereocenters. The maximum absolute atomic E-state index is 6.02. The van der Waals surface area contributed by atoms with Crippen LogP contribution in [0.4, 0.5) is 17.1 Å². The van der Waals surface area contributed by atoms with E-state index < -0.39 is 0 Å². The standard InChI is InChI=1S/C14H14ClIN2O2/c1-19-13-6-10(17)12(7-14(13)20-2)18-11-4-3-8(15)5-9(11)16/h3-7,18H,17H2,1-2H3. The first-order chi connectivity index (χ1) is 9.55. The van der Waals surface area contributed by atoms with Crippen molar-refractivity contribution in [3.05, 3.63) is 38.9 Å². The maximum Gasteiger partial charge on any atom is 0.162 e. The minimum atomic E-state index is 0.577. The summed E-state index contributed by atoms with van der Waals surface area (Å²) in [7, 11) is 3.16. The van der Waals surface area contributed by atoms with Crippen LogP contribution in [0.1, 0.15) is 0 Å². The van der Waals surface area contributed by atoms with Gasteiger partial charge in [-0.2, -0.15) is 0 Å². The molecule has 0 aliphatic heterocycles. The van der Waals surface area contributed by atoms with Crippen molar-refractivity contribution < 1.29 is 9.47 Å². The molecule has 6 heteroatoms. The van der Waals surface area contributed by atoms with Crippen LogP contribution >= 0.6 is 34.2 Å². The minimum Gasteiger partial charge on any atom is -0.493 e. The molecule has 0 heterocycles. The van der Waals surface area contributed by atoms with Gasteiger partial charge >= 0.3 is 0 Å². The highest BCUT2D eigenvalue weighted by atomic mass is 127. The lowest BCUT2D eigenvalue weighted by Crippen LogP contribution is -2.00. The van der Waals surface area contributed by atoms with Crippen LogP contribution in [0, 0.1) is 3.57 Å². The number of hydrogen-bond donors (Lipinski definition) is 2. The Labute approximate surface area is 136 Å². The molecule has 0 saturated heterocycles. The Kier molecular flexibility index (Phi) is 4.82. The highest BCUT2D eigenvalue weighted by Gasteiger charge is 2.10. The van der Waals surface area contributed by atoms with E-state index in [2.05, 4.69) is 27.9 Å². The summed E-state index contributed by atoms with van der Waals surface area (Å²) in [4.78, 5) is 0. The van der Waals surface area contributed by atoms with E-state index in [1.54, 1.807) is 26.4 Å². The van der Waals surface area contributed by atoms with Crippen molar-refractivity contribution in [3.63, 3.8) is 0 Å². The van der Waals surface area contributed by atoms with Crippen LogP contribution in [0.3, 0.4) is 0 Å². The van der Waals surface area contributed by atoms with Crippen molar-refractivity contribution in [1.82, 2.24) is 0 Å². The number of rotatable bonds is 4. The molecule has 20 heavy (non-hydrogen) atoms. The molecule has 2 rings (SSSR count). The smallest absolute Gasteiger partial charge is 0.162 e. The second kappa shape index (κ2) is 6.41. The van der Waals surface area contributed by atoms with Crippen molar-refractivity contribution in [2.24, 2.45) is 0 Å². The third-order valence-corrected chi connectivity index (χ3v) is 3.88. The summed E-state index contributed by atoms with van der Waals surface area (Å²) < 4.78 is 11.5. The summed E-state index contributed by atoms with van der Waals surface area (Å²) in [6.07, 6.45) is 0. The van der Waals surface area contributed by atoms with Gasteiger partial charge in [-0.3, -0.25) is 0 Å². The first-order valence-electron chi connectivity index (χ1n) is 5.78. The van der Waals surface area contributed by atoms with Crippen LogP contribution in [0.25, 0.3) is 0 Å². The van der Waals surface area contributed by atoms with Gasteiger partial charge in [-0.05, 0) is 40.8 Å². The third kappa shape index (κ3) is 3.21. The number of benzene rings is 2. The highest BCUT2D eigenvalue weighted by Crippen LogP contribution is 2.37. The zero-order valence-corrected chi connectivity index (χ0v) is 13.9. The summed E-state index contributed by atoms with van der Waals surface area (Å²) in [6.45, 7) is 0. The first kappa shape index (κ1) is 15.1. The Hall–Kier alpha value is -1.34. The van der Waals surface area contributed by atoms with Gasteiger partial charge in [0.1, 0.15) is 0 Å². The molecule has 0 aliphatic rings. The molecular weight excluding hydrogens is 391 g/mol. The number of halogens is 2. The molecule has 0 spiro atoms. The fourth-order valence-corrected chi connectivity index (χ4v) is 2.75. The van der Waals surface area contributed by atoms with E-state index in [-0.39, 0.29) is 0 Å². The third-order valence-electron chi connectivity index (χ3n) is 2.76. The Morgan fingerprint density at radius 2 is 1.70 bits per heavy atom. The van der Waals surface area contributed by atoms with E-state index in [1.807, 2.05) is 18.2 Å². The Bertz CT molecular complexity index is 635. The predicted octanol–water partition coefficient (Wildman–Crippen LogP) is 4.29. The van der Waals surface area contributed by atoms with Gasteiger partial charge in [0.15, 0.2) is 11.5 Å². The second-order valence-electron chi connectivity index (χ2n) is 4.04. The number of methoxy groups -OCH3 is 2. The largest absolute Gasteiger partial charge is 0.493 e. The van der Waals surface area contributed by atoms with Crippen LogP contribution in [0.2, 0.25) is 5.02 Å². The molecule has 0 bridgehead atoms. The Balaban J connectivity index is 2.38. The Morgan fingerprint density at radius 3 is 2.30 bits per heavy atom. The predicted molar refractivity (Wildman–Crippen MR) is 91.4 cm³/mol. The summed E-state index contributed by atoms with van der Waals surface area (Å²) in [6, 6.07) is 9.13. The van der Waals surface area contributed by atoms with Gasteiger partial charge in [-0.25, -0.2) is 0 Å². The van der Waals surface area contributed by atoms with Crippen LogP contribution in [0.15, 0.2) is 30.3 Å². The number of hydrogen-bond acceptors (Lipinski definition) is 4. The zero-order valence-electron chi connectivity index (χ0n) is 11.0. The van der Waals surface area contributed by atoms with E-state index in [9.17, 15) is 0 Å². The van der Waals surface area contributed by atoms with Crippen LogP contribution < -0.4 is 20.5 Å². The SMILES string of the molecule is COc1cc(N)c(Nc2ccc(Cl)cc2I)cc1OC. The van der Waals surface area contributed by atoms with Crippen molar-refractivity contribution in [2.75, 3.05) is 25.3 Å². The van der Waals surface area contributed by atoms with Gasteiger partial charge in [0, 0.05) is 20.7 Å². The van der Waals surface area contributed by atoms with Crippen LogP contribution in [-0.4, -0.2) is 14.2 Å². The molecule has 4 nitrogen and oxygen atoms in total. The molecular formula is C14H14ClIN2O2. The number of nitrogens with one attached hydrogen (secondary N) is 1. The van der Waals surface area contributed by atoms with Crippen molar-refractivity contribution in [2.45, 2.75) is 0 Å². The first-order valence-corrected chi connectivity index (χ1v) is 7.24. The molecule has 0 aromatic heterocycles. The lowest BCUT2D eigenvalue weighted by Gasteiger charge is -2.15. The van der Waals surface area contributed by atoms with Gasteiger partial charge in [-0.15, -0.1) is 0 Å². The molecule has 0 amide bonds. The zero-order chi connectivity index (χ0) is 14.7. The monoisotopic (exact) mass is 404 g/mol. The lowest BCUT2D eigenvalue weighted by atomic mass is 10.2. The van der Waals surface area contributed by atoms with Crippen LogP contribution in [0.5, 0.6) is 11.5 Å². The van der Waals surface area contributed by atoms with Gasteiger partial charge in [0.25, 0.3) is 0 Å². The number of nitrogens with two attached hydrogens (primary N) is 1. The van der Waals surface area contributed by atoms with E-state index in [0.29, 0.717) is 22.2 Å².